The number of hydrogen-bond donors (Lipinski definition) is 0. The highest BCUT2D eigenvalue weighted by molar-refractivity contribution is 7.07. The van der Waals surface area contributed by atoms with Crippen LogP contribution in [0.2, 0.25) is 0 Å². The lowest BCUT2D eigenvalue weighted by atomic mass is 9.96. The summed E-state index contributed by atoms with van der Waals surface area (Å²) >= 11 is 1.21. The van der Waals surface area contributed by atoms with E-state index in [-0.39, 0.29) is 24.3 Å². The predicted octanol–water partition coefficient (Wildman–Crippen LogP) is 4.39. The van der Waals surface area contributed by atoms with Gasteiger partial charge < -0.3 is 9.47 Å². The molecule has 3 aromatic carbocycles. The third-order valence-corrected chi connectivity index (χ3v) is 7.40. The molecule has 0 radical (unpaired) electrons. The maximum Gasteiger partial charge on any atom is 0.338 e. The SMILES string of the molecule is CCOC(=O)C1=C(C)N=c2s/c(=C\c3ccc(OCc4ccccc4C#N)cc3)c(=O)n2[C@H]1c1ccc(F)cc1. The smallest absolute Gasteiger partial charge is 0.338 e. The average Bonchev–Trinajstić information content (AvgIpc) is 3.26. The minimum absolute atomic E-state index is 0.167. The van der Waals surface area contributed by atoms with E-state index in [1.807, 2.05) is 30.3 Å². The van der Waals surface area contributed by atoms with Crippen LogP contribution in [-0.2, 0) is 16.1 Å². The number of ether oxygens (including phenoxy) is 2. The van der Waals surface area contributed by atoms with E-state index in [1.54, 1.807) is 50.3 Å². The summed E-state index contributed by atoms with van der Waals surface area (Å²) in [7, 11) is 0. The van der Waals surface area contributed by atoms with Crippen LogP contribution in [0.4, 0.5) is 4.39 Å². The molecule has 0 amide bonds. The summed E-state index contributed by atoms with van der Waals surface area (Å²) in [5.41, 5.74) is 3.08. The summed E-state index contributed by atoms with van der Waals surface area (Å²) in [6, 6.07) is 21.6. The molecule has 40 heavy (non-hydrogen) atoms. The summed E-state index contributed by atoms with van der Waals surface area (Å²) in [6.07, 6.45) is 1.75. The molecule has 200 valence electrons. The van der Waals surface area contributed by atoms with Crippen molar-refractivity contribution in [3.63, 3.8) is 0 Å². The lowest BCUT2D eigenvalue weighted by molar-refractivity contribution is -0.139. The fourth-order valence-electron chi connectivity index (χ4n) is 4.48. The van der Waals surface area contributed by atoms with E-state index in [4.69, 9.17) is 9.47 Å². The molecular formula is C31H24FN3O4S. The lowest BCUT2D eigenvalue weighted by Crippen LogP contribution is -2.39. The minimum atomic E-state index is -0.801. The number of thiazole rings is 1. The van der Waals surface area contributed by atoms with E-state index in [9.17, 15) is 19.2 Å². The van der Waals surface area contributed by atoms with Gasteiger partial charge in [-0.05, 0) is 61.4 Å². The van der Waals surface area contributed by atoms with E-state index in [1.165, 1.54) is 28.0 Å². The van der Waals surface area contributed by atoms with Crippen LogP contribution in [0.1, 0.15) is 42.1 Å². The van der Waals surface area contributed by atoms with Gasteiger partial charge in [0.25, 0.3) is 5.56 Å². The summed E-state index contributed by atoms with van der Waals surface area (Å²) in [5.74, 6) is -0.367. The van der Waals surface area contributed by atoms with E-state index < -0.39 is 17.8 Å². The third kappa shape index (κ3) is 5.35. The van der Waals surface area contributed by atoms with Crippen molar-refractivity contribution in [2.24, 2.45) is 4.99 Å². The Kier molecular flexibility index (Phi) is 7.71. The van der Waals surface area contributed by atoms with Crippen LogP contribution in [0.15, 0.2) is 93.9 Å². The molecule has 0 spiro atoms. The van der Waals surface area contributed by atoms with Gasteiger partial charge in [-0.25, -0.2) is 14.2 Å². The Hall–Kier alpha value is -4.81. The van der Waals surface area contributed by atoms with E-state index in [2.05, 4.69) is 11.1 Å². The van der Waals surface area contributed by atoms with Crippen molar-refractivity contribution in [2.75, 3.05) is 6.61 Å². The van der Waals surface area contributed by atoms with Crippen LogP contribution >= 0.6 is 11.3 Å². The second kappa shape index (κ2) is 11.5. The first-order chi connectivity index (χ1) is 19.4. The predicted molar refractivity (Wildman–Crippen MR) is 149 cm³/mol. The Morgan fingerprint density at radius 3 is 2.55 bits per heavy atom. The summed E-state index contributed by atoms with van der Waals surface area (Å²) in [5, 5.41) is 9.26. The highest BCUT2D eigenvalue weighted by Gasteiger charge is 2.33. The number of allylic oxidation sites excluding steroid dienone is 1. The van der Waals surface area contributed by atoms with Gasteiger partial charge in [-0.3, -0.25) is 9.36 Å². The molecule has 0 saturated heterocycles. The van der Waals surface area contributed by atoms with E-state index in [0.29, 0.717) is 31.9 Å². The molecule has 5 rings (SSSR count). The number of fused-ring (bicyclic) bond motifs is 1. The van der Waals surface area contributed by atoms with Crippen LogP contribution in [0.25, 0.3) is 6.08 Å². The molecule has 1 aromatic heterocycles. The van der Waals surface area contributed by atoms with Gasteiger partial charge in [0, 0.05) is 5.56 Å². The molecule has 0 N–H and O–H groups in total. The number of rotatable bonds is 7. The normalized spacial score (nSPS) is 14.8. The number of nitrogens with zero attached hydrogens (tertiary/aromatic N) is 3. The molecule has 1 aliphatic rings. The van der Waals surface area contributed by atoms with Gasteiger partial charge in [0.1, 0.15) is 18.2 Å². The van der Waals surface area contributed by atoms with Crippen molar-refractivity contribution < 1.29 is 18.7 Å². The Balaban J connectivity index is 1.49. The molecule has 1 atom stereocenters. The highest BCUT2D eigenvalue weighted by atomic mass is 32.1. The van der Waals surface area contributed by atoms with Gasteiger partial charge in [0.2, 0.25) is 0 Å². The van der Waals surface area contributed by atoms with Crippen LogP contribution in [0, 0.1) is 17.1 Å². The quantitative estimate of drug-likeness (QED) is 0.317. The molecule has 0 aliphatic carbocycles. The molecule has 4 aromatic rings. The lowest BCUT2D eigenvalue weighted by Gasteiger charge is -2.24. The molecule has 1 aliphatic heterocycles. The number of carbonyl (C=O) groups excluding carboxylic acids is 1. The van der Waals surface area contributed by atoms with E-state index >= 15 is 0 Å². The topological polar surface area (TPSA) is 93.7 Å². The molecule has 9 heteroatoms. The fourth-order valence-corrected chi connectivity index (χ4v) is 5.53. The van der Waals surface area contributed by atoms with Crippen LogP contribution in [-0.4, -0.2) is 17.1 Å². The van der Waals surface area contributed by atoms with Crippen molar-refractivity contribution in [3.8, 4) is 11.8 Å². The number of nitriles is 1. The summed E-state index contributed by atoms with van der Waals surface area (Å²) < 4.78 is 26.7. The third-order valence-electron chi connectivity index (χ3n) is 6.41. The van der Waals surface area contributed by atoms with Gasteiger partial charge >= 0.3 is 5.97 Å². The molecule has 0 saturated carbocycles. The molecule has 7 nitrogen and oxygen atoms in total. The minimum Gasteiger partial charge on any atom is -0.489 e. The number of aromatic nitrogens is 1. The standard InChI is InChI=1S/C31H24FN3O4S/c1-3-38-30(37)27-19(2)34-31-35(28(27)21-10-12-24(32)13-11-21)29(36)26(40-31)16-20-8-14-25(15-9-20)39-18-23-7-5-4-6-22(23)17-33/h4-16,28H,3,18H2,1-2H3/b26-16-/t28-/m0/s1. The number of carbonyl (C=O) groups is 1. The Labute approximate surface area is 233 Å². The largest absolute Gasteiger partial charge is 0.489 e. The van der Waals surface area contributed by atoms with Crippen molar-refractivity contribution >= 4 is 23.4 Å². The first-order valence-corrected chi connectivity index (χ1v) is 13.4. The molecule has 0 fully saturated rings. The van der Waals surface area contributed by atoms with Gasteiger partial charge in [-0.1, -0.05) is 53.8 Å². The van der Waals surface area contributed by atoms with E-state index in [0.717, 1.165) is 11.1 Å². The zero-order valence-electron chi connectivity index (χ0n) is 21.8. The number of esters is 1. The number of hydrogen-bond acceptors (Lipinski definition) is 7. The van der Waals surface area contributed by atoms with Gasteiger partial charge in [0.15, 0.2) is 4.80 Å². The van der Waals surface area contributed by atoms with Gasteiger partial charge in [0.05, 0.1) is 40.1 Å². The summed E-state index contributed by atoms with van der Waals surface area (Å²) in [4.78, 5) is 31.6. The summed E-state index contributed by atoms with van der Waals surface area (Å²) in [6.45, 7) is 3.83. The zero-order chi connectivity index (χ0) is 28.2. The van der Waals surface area contributed by atoms with Crippen LogP contribution < -0.4 is 19.6 Å². The monoisotopic (exact) mass is 553 g/mol. The fraction of sp³-hybridized carbons (Fsp3) is 0.161. The van der Waals surface area contributed by atoms with Crippen molar-refractivity contribution in [1.29, 1.82) is 5.26 Å². The van der Waals surface area contributed by atoms with Crippen molar-refractivity contribution in [1.82, 2.24) is 4.57 Å². The van der Waals surface area contributed by atoms with Crippen molar-refractivity contribution in [2.45, 2.75) is 26.5 Å². The van der Waals surface area contributed by atoms with Crippen molar-refractivity contribution in [3.05, 3.63) is 132 Å². The second-order valence-corrected chi connectivity index (χ2v) is 9.99. The second-order valence-electron chi connectivity index (χ2n) is 8.98. The van der Waals surface area contributed by atoms with Crippen LogP contribution in [0.3, 0.4) is 0 Å². The zero-order valence-corrected chi connectivity index (χ0v) is 22.6. The molecule has 0 unspecified atom stereocenters. The highest BCUT2D eigenvalue weighted by Crippen LogP contribution is 2.30. The first kappa shape index (κ1) is 26.8. The number of benzene rings is 3. The molecule has 0 bridgehead atoms. The Morgan fingerprint density at radius 1 is 1.12 bits per heavy atom. The van der Waals surface area contributed by atoms with Gasteiger partial charge in [-0.15, -0.1) is 0 Å². The van der Waals surface area contributed by atoms with Crippen LogP contribution in [0.5, 0.6) is 5.75 Å². The van der Waals surface area contributed by atoms with Gasteiger partial charge in [-0.2, -0.15) is 5.26 Å². The maximum atomic E-state index is 13.7. The average molecular weight is 554 g/mol. The maximum absolute atomic E-state index is 13.7. The Morgan fingerprint density at radius 2 is 1.85 bits per heavy atom. The molecular weight excluding hydrogens is 529 g/mol. The molecule has 2 heterocycles. The Bertz CT molecular complexity index is 1830. The number of halogens is 1. The first-order valence-electron chi connectivity index (χ1n) is 12.6.